The number of nitrogens with zero attached hydrogens (tertiary/aromatic N) is 3. The lowest BCUT2D eigenvalue weighted by Crippen LogP contribution is -2.15. The van der Waals surface area contributed by atoms with Gasteiger partial charge in [-0.1, -0.05) is 12.1 Å². The number of hydrogen-bond acceptors (Lipinski definition) is 6. The zero-order chi connectivity index (χ0) is 22.0. The Morgan fingerprint density at radius 2 is 1.87 bits per heavy atom. The van der Waals surface area contributed by atoms with E-state index in [0.717, 1.165) is 16.5 Å². The molecule has 9 heteroatoms. The van der Waals surface area contributed by atoms with Crippen LogP contribution in [0.3, 0.4) is 0 Å². The average molecular weight is 421 g/mol. The zero-order valence-electron chi connectivity index (χ0n) is 17.7. The van der Waals surface area contributed by atoms with Crippen molar-refractivity contribution in [3.8, 4) is 22.9 Å². The molecule has 2 aromatic carbocycles. The van der Waals surface area contributed by atoms with E-state index in [-0.39, 0.29) is 5.91 Å². The number of hydrogen-bond donors (Lipinski definition) is 2. The van der Waals surface area contributed by atoms with Crippen LogP contribution in [0.1, 0.15) is 16.3 Å². The first-order valence-corrected chi connectivity index (χ1v) is 9.57. The maximum Gasteiger partial charge on any atom is 0.272 e. The third kappa shape index (κ3) is 3.95. The van der Waals surface area contributed by atoms with Gasteiger partial charge in [-0.3, -0.25) is 9.89 Å². The van der Waals surface area contributed by atoms with E-state index in [0.29, 0.717) is 41.1 Å². The minimum absolute atomic E-state index is 0.233. The van der Waals surface area contributed by atoms with Crippen LogP contribution in [0, 0.1) is 0 Å². The van der Waals surface area contributed by atoms with Gasteiger partial charge in [-0.2, -0.15) is 5.10 Å². The molecule has 0 spiro atoms. The Bertz CT molecular complexity index is 1240. The maximum atomic E-state index is 13.0. The van der Waals surface area contributed by atoms with Crippen LogP contribution in [-0.2, 0) is 18.4 Å². The van der Waals surface area contributed by atoms with Gasteiger partial charge in [0.05, 0.1) is 19.7 Å². The van der Waals surface area contributed by atoms with Gasteiger partial charge >= 0.3 is 0 Å². The van der Waals surface area contributed by atoms with Crippen LogP contribution >= 0.6 is 0 Å². The van der Waals surface area contributed by atoms with Gasteiger partial charge in [-0.15, -0.1) is 0 Å². The number of methoxy groups -OCH3 is 3. The lowest BCUT2D eigenvalue weighted by molar-refractivity contribution is 0.101. The van der Waals surface area contributed by atoms with Crippen molar-refractivity contribution < 1.29 is 19.0 Å². The molecule has 0 aliphatic heterocycles. The molecule has 0 fully saturated rings. The van der Waals surface area contributed by atoms with Gasteiger partial charge in [0.2, 0.25) is 0 Å². The molecule has 0 saturated carbocycles. The highest BCUT2D eigenvalue weighted by molar-refractivity contribution is 6.06. The quantitative estimate of drug-likeness (QED) is 0.474. The summed E-state index contributed by atoms with van der Waals surface area (Å²) in [6, 6.07) is 12.9. The van der Waals surface area contributed by atoms with Gasteiger partial charge in [0, 0.05) is 36.9 Å². The summed E-state index contributed by atoms with van der Waals surface area (Å²) in [7, 11) is 6.60. The Morgan fingerprint density at radius 3 is 2.61 bits per heavy atom. The summed E-state index contributed by atoms with van der Waals surface area (Å²) in [5, 5.41) is 10.9. The SMILES string of the molecule is COCc1nc(-c2cccc(NC(=O)c3cc4cc(OC)c(OC)cc4n3C)c2)n[nH]1. The molecule has 160 valence electrons. The summed E-state index contributed by atoms with van der Waals surface area (Å²) in [6.07, 6.45) is 0. The molecule has 0 unspecified atom stereocenters. The molecule has 4 rings (SSSR count). The highest BCUT2D eigenvalue weighted by atomic mass is 16.5. The number of rotatable bonds is 7. The molecule has 0 radical (unpaired) electrons. The number of fused-ring (bicyclic) bond motifs is 1. The van der Waals surface area contributed by atoms with Gasteiger partial charge in [0.15, 0.2) is 23.1 Å². The Hall–Kier alpha value is -3.85. The number of benzene rings is 2. The molecule has 2 N–H and O–H groups in total. The highest BCUT2D eigenvalue weighted by Crippen LogP contribution is 2.33. The molecule has 0 aliphatic carbocycles. The number of amides is 1. The van der Waals surface area contributed by atoms with Crippen molar-refractivity contribution in [1.29, 1.82) is 0 Å². The number of aryl methyl sites for hydroxylation is 1. The van der Waals surface area contributed by atoms with Crippen LogP contribution in [0.5, 0.6) is 11.5 Å². The van der Waals surface area contributed by atoms with Crippen LogP contribution in [0.4, 0.5) is 5.69 Å². The fourth-order valence-corrected chi connectivity index (χ4v) is 3.44. The van der Waals surface area contributed by atoms with Crippen LogP contribution in [0.2, 0.25) is 0 Å². The van der Waals surface area contributed by atoms with Gasteiger partial charge in [0.25, 0.3) is 5.91 Å². The Balaban J connectivity index is 1.61. The van der Waals surface area contributed by atoms with Crippen molar-refractivity contribution in [2.45, 2.75) is 6.61 Å². The molecule has 1 amide bonds. The molecule has 0 bridgehead atoms. The minimum atomic E-state index is -0.233. The number of carbonyl (C=O) groups is 1. The predicted octanol–water partition coefficient (Wildman–Crippen LogP) is 3.38. The monoisotopic (exact) mass is 421 g/mol. The Morgan fingerprint density at radius 1 is 1.10 bits per heavy atom. The van der Waals surface area contributed by atoms with Gasteiger partial charge in [-0.05, 0) is 24.3 Å². The number of nitrogens with one attached hydrogen (secondary N) is 2. The number of aromatic amines is 1. The first-order valence-electron chi connectivity index (χ1n) is 9.57. The summed E-state index contributed by atoms with van der Waals surface area (Å²) >= 11 is 0. The summed E-state index contributed by atoms with van der Waals surface area (Å²) < 4.78 is 17.6. The third-order valence-corrected chi connectivity index (χ3v) is 4.97. The number of aromatic nitrogens is 4. The fourth-order valence-electron chi connectivity index (χ4n) is 3.44. The molecule has 0 saturated heterocycles. The van der Waals surface area contributed by atoms with Crippen molar-refractivity contribution in [1.82, 2.24) is 19.7 Å². The number of carbonyl (C=O) groups excluding carboxylic acids is 1. The normalized spacial score (nSPS) is 11.0. The van der Waals surface area contributed by atoms with E-state index < -0.39 is 0 Å². The van der Waals surface area contributed by atoms with E-state index in [4.69, 9.17) is 14.2 Å². The van der Waals surface area contributed by atoms with Crippen LogP contribution in [0.15, 0.2) is 42.5 Å². The van der Waals surface area contributed by atoms with Crippen molar-refractivity contribution in [2.24, 2.45) is 7.05 Å². The Labute approximate surface area is 179 Å². The summed E-state index contributed by atoms with van der Waals surface area (Å²) in [4.78, 5) is 17.4. The van der Waals surface area contributed by atoms with Crippen LogP contribution < -0.4 is 14.8 Å². The first kappa shape index (κ1) is 20.4. The van der Waals surface area contributed by atoms with E-state index in [1.165, 1.54) is 0 Å². The number of ether oxygens (including phenoxy) is 3. The van der Waals surface area contributed by atoms with Gasteiger partial charge in [-0.25, -0.2) is 4.98 Å². The lowest BCUT2D eigenvalue weighted by atomic mass is 10.2. The van der Waals surface area contributed by atoms with Crippen molar-refractivity contribution in [2.75, 3.05) is 26.6 Å². The molecule has 2 heterocycles. The maximum absolute atomic E-state index is 13.0. The largest absolute Gasteiger partial charge is 0.493 e. The van der Waals surface area contributed by atoms with E-state index in [1.807, 2.05) is 54.1 Å². The van der Waals surface area contributed by atoms with Gasteiger partial charge < -0.3 is 24.1 Å². The predicted molar refractivity (Wildman–Crippen MR) is 117 cm³/mol. The van der Waals surface area contributed by atoms with Crippen LogP contribution in [0.25, 0.3) is 22.3 Å². The average Bonchev–Trinajstić information content (AvgIpc) is 3.38. The van der Waals surface area contributed by atoms with E-state index in [1.54, 1.807) is 21.3 Å². The molecule has 31 heavy (non-hydrogen) atoms. The summed E-state index contributed by atoms with van der Waals surface area (Å²) in [5.41, 5.74) is 2.79. The van der Waals surface area contributed by atoms with E-state index in [9.17, 15) is 4.79 Å². The molecule has 4 aromatic rings. The third-order valence-electron chi connectivity index (χ3n) is 4.97. The zero-order valence-corrected chi connectivity index (χ0v) is 17.7. The first-order chi connectivity index (χ1) is 15.0. The summed E-state index contributed by atoms with van der Waals surface area (Å²) in [5.74, 6) is 2.15. The molecule has 0 aliphatic rings. The second-order valence-electron chi connectivity index (χ2n) is 6.93. The van der Waals surface area contributed by atoms with Crippen molar-refractivity contribution in [3.63, 3.8) is 0 Å². The van der Waals surface area contributed by atoms with Gasteiger partial charge in [0.1, 0.15) is 12.3 Å². The second kappa shape index (κ2) is 8.49. The number of H-pyrrole nitrogens is 1. The molecule has 0 atom stereocenters. The molecular formula is C22H23N5O4. The molecule has 2 aromatic heterocycles. The lowest BCUT2D eigenvalue weighted by Gasteiger charge is -2.09. The second-order valence-corrected chi connectivity index (χ2v) is 6.93. The smallest absolute Gasteiger partial charge is 0.272 e. The van der Waals surface area contributed by atoms with E-state index in [2.05, 4.69) is 20.5 Å². The topological polar surface area (TPSA) is 103 Å². The van der Waals surface area contributed by atoms with Crippen molar-refractivity contribution in [3.05, 3.63) is 54.0 Å². The minimum Gasteiger partial charge on any atom is -0.493 e. The summed E-state index contributed by atoms with van der Waals surface area (Å²) in [6.45, 7) is 0.347. The highest BCUT2D eigenvalue weighted by Gasteiger charge is 2.17. The van der Waals surface area contributed by atoms with Crippen molar-refractivity contribution >= 4 is 22.5 Å². The van der Waals surface area contributed by atoms with Crippen LogP contribution in [-0.4, -0.2) is 47.0 Å². The number of anilines is 1. The molecular weight excluding hydrogens is 398 g/mol. The molecule has 9 nitrogen and oxygen atoms in total. The Kier molecular flexibility index (Phi) is 5.59. The fraction of sp³-hybridized carbons (Fsp3) is 0.227. The van der Waals surface area contributed by atoms with E-state index >= 15 is 0 Å². The standard InChI is InChI=1S/C22H23N5O4/c1-27-16-11-19(31-4)18(30-3)10-14(16)9-17(27)22(28)23-15-7-5-6-13(8-15)21-24-20(12-29-2)25-26-21/h5-11H,12H2,1-4H3,(H,23,28)(H,24,25,26).